The van der Waals surface area contributed by atoms with Crippen molar-refractivity contribution in [2.24, 2.45) is 5.41 Å². The predicted octanol–water partition coefficient (Wildman–Crippen LogP) is 2.10. The fourth-order valence-electron chi connectivity index (χ4n) is 2.39. The van der Waals surface area contributed by atoms with Crippen molar-refractivity contribution in [2.45, 2.75) is 26.9 Å². The molecule has 2 heterocycles. The molecule has 0 radical (unpaired) electrons. The number of carbonyl (C=O) groups is 3. The lowest BCUT2D eigenvalue weighted by molar-refractivity contribution is -0.131. The van der Waals surface area contributed by atoms with Crippen LogP contribution in [0.2, 0.25) is 0 Å². The zero-order chi connectivity index (χ0) is 20.2. The van der Waals surface area contributed by atoms with Crippen molar-refractivity contribution < 1.29 is 33.7 Å². The second-order valence-electron chi connectivity index (χ2n) is 6.90. The van der Waals surface area contributed by atoms with Gasteiger partial charge in [0.25, 0.3) is 0 Å². The number of cyclic esters (lactones) is 2. The summed E-state index contributed by atoms with van der Waals surface area (Å²) in [5, 5.41) is 8.92. The molecular weight excluding hydrogens is 356 g/mol. The number of ether oxygens (including phenoxy) is 3. The highest BCUT2D eigenvalue weighted by Crippen LogP contribution is 2.29. The van der Waals surface area contributed by atoms with Crippen molar-refractivity contribution >= 4 is 29.9 Å². The lowest BCUT2D eigenvalue weighted by Gasteiger charge is -2.30. The Morgan fingerprint density at radius 2 is 2.11 bits per heavy atom. The molecule has 1 fully saturated rings. The Kier molecular flexibility index (Phi) is 6.04. The number of methoxy groups -OCH3 is 1. The molecule has 0 bridgehead atoms. The highest BCUT2D eigenvalue weighted by Gasteiger charge is 2.35. The molecule has 1 amide bonds. The third-order valence-electron chi connectivity index (χ3n) is 3.67. The number of carboxylic acid groups (broad SMARTS) is 1. The van der Waals surface area contributed by atoms with E-state index >= 15 is 0 Å². The largest absolute Gasteiger partial charge is 0.508 e. The number of rotatable bonds is 6. The fraction of sp³-hybridized carbons (Fsp3) is 0.444. The quantitative estimate of drug-likeness (QED) is 0.591. The standard InChI is InChI=1S/C18H22N2O7/c1-18(2,3)16(23)20(9-12-10-26-17(24)27-12)15-11(6-8-14(21)22)5-7-13(19-15)25-4/h5-8,12H,9-10H2,1-4H3,(H,21,22). The van der Waals surface area contributed by atoms with Crippen molar-refractivity contribution in [2.75, 3.05) is 25.2 Å². The lowest BCUT2D eigenvalue weighted by atomic mass is 9.94. The average molecular weight is 378 g/mol. The van der Waals surface area contributed by atoms with E-state index in [1.807, 2.05) is 0 Å². The topological polar surface area (TPSA) is 115 Å². The van der Waals surface area contributed by atoms with Crippen LogP contribution in [0.1, 0.15) is 26.3 Å². The van der Waals surface area contributed by atoms with Gasteiger partial charge in [-0.2, -0.15) is 4.98 Å². The van der Waals surface area contributed by atoms with Crippen LogP contribution in [0, 0.1) is 5.41 Å². The molecule has 27 heavy (non-hydrogen) atoms. The molecule has 0 saturated carbocycles. The van der Waals surface area contributed by atoms with E-state index in [4.69, 9.17) is 19.3 Å². The fourth-order valence-corrected chi connectivity index (χ4v) is 2.39. The Hall–Kier alpha value is -3.10. The molecule has 1 aromatic heterocycles. The molecule has 1 unspecified atom stereocenters. The third-order valence-corrected chi connectivity index (χ3v) is 3.67. The number of nitrogens with zero attached hydrogens (tertiary/aromatic N) is 2. The van der Waals surface area contributed by atoms with Gasteiger partial charge in [0.2, 0.25) is 11.8 Å². The summed E-state index contributed by atoms with van der Waals surface area (Å²) in [6.45, 7) is 5.25. The minimum Gasteiger partial charge on any atom is -0.481 e. The normalized spacial score (nSPS) is 16.7. The molecule has 2 rings (SSSR count). The molecule has 0 aromatic carbocycles. The number of pyridine rings is 1. The first kappa shape index (κ1) is 20.2. The molecule has 1 saturated heterocycles. The number of aromatic nitrogens is 1. The van der Waals surface area contributed by atoms with E-state index < -0.39 is 23.6 Å². The molecule has 0 aliphatic carbocycles. The van der Waals surface area contributed by atoms with Crippen LogP contribution in [0.4, 0.5) is 10.6 Å². The van der Waals surface area contributed by atoms with E-state index in [2.05, 4.69) is 4.98 Å². The maximum atomic E-state index is 13.0. The summed E-state index contributed by atoms with van der Waals surface area (Å²) in [4.78, 5) is 40.8. The van der Waals surface area contributed by atoms with Crippen molar-refractivity contribution in [3.8, 4) is 5.88 Å². The van der Waals surface area contributed by atoms with Gasteiger partial charge in [-0.15, -0.1) is 0 Å². The van der Waals surface area contributed by atoms with Gasteiger partial charge in [0.15, 0.2) is 6.10 Å². The second-order valence-corrected chi connectivity index (χ2v) is 6.90. The van der Waals surface area contributed by atoms with Crippen molar-refractivity contribution in [1.29, 1.82) is 0 Å². The summed E-state index contributed by atoms with van der Waals surface area (Å²) in [7, 11) is 1.43. The average Bonchev–Trinajstić information content (AvgIpc) is 3.01. The minimum atomic E-state index is -1.14. The van der Waals surface area contributed by atoms with E-state index in [1.54, 1.807) is 32.9 Å². The summed E-state index contributed by atoms with van der Waals surface area (Å²) >= 11 is 0. The summed E-state index contributed by atoms with van der Waals surface area (Å²) < 4.78 is 15.0. The molecule has 9 heteroatoms. The first-order valence-corrected chi connectivity index (χ1v) is 8.23. The minimum absolute atomic E-state index is 0.00984. The van der Waals surface area contributed by atoms with E-state index in [9.17, 15) is 14.4 Å². The molecular formula is C18H22N2O7. The first-order chi connectivity index (χ1) is 12.6. The Bertz CT molecular complexity index is 767. The smallest absolute Gasteiger partial charge is 0.481 e. The van der Waals surface area contributed by atoms with Gasteiger partial charge >= 0.3 is 12.1 Å². The van der Waals surface area contributed by atoms with Crippen LogP contribution >= 0.6 is 0 Å². The maximum Gasteiger partial charge on any atom is 0.508 e. The van der Waals surface area contributed by atoms with Gasteiger partial charge in [-0.25, -0.2) is 9.59 Å². The number of anilines is 1. The summed E-state index contributed by atoms with van der Waals surface area (Å²) in [5.74, 6) is -0.960. The molecule has 1 aliphatic heterocycles. The first-order valence-electron chi connectivity index (χ1n) is 8.23. The molecule has 1 atom stereocenters. The van der Waals surface area contributed by atoms with Gasteiger partial charge in [0.1, 0.15) is 12.4 Å². The zero-order valence-electron chi connectivity index (χ0n) is 15.6. The predicted molar refractivity (Wildman–Crippen MR) is 95.5 cm³/mol. The lowest BCUT2D eigenvalue weighted by Crippen LogP contribution is -2.45. The Balaban J connectivity index is 2.50. The zero-order valence-corrected chi connectivity index (χ0v) is 15.6. The van der Waals surface area contributed by atoms with Crippen LogP contribution in [-0.4, -0.2) is 54.5 Å². The highest BCUT2D eigenvalue weighted by molar-refractivity contribution is 5.98. The summed E-state index contributed by atoms with van der Waals surface area (Å²) in [6, 6.07) is 3.16. The van der Waals surface area contributed by atoms with E-state index in [0.29, 0.717) is 5.56 Å². The monoisotopic (exact) mass is 378 g/mol. The molecule has 146 valence electrons. The van der Waals surface area contributed by atoms with Crippen molar-refractivity contribution in [1.82, 2.24) is 4.98 Å². The molecule has 0 spiro atoms. The van der Waals surface area contributed by atoms with Crippen molar-refractivity contribution in [3.63, 3.8) is 0 Å². The van der Waals surface area contributed by atoms with E-state index in [-0.39, 0.29) is 30.8 Å². The van der Waals surface area contributed by atoms with Crippen LogP contribution in [0.5, 0.6) is 5.88 Å². The van der Waals surface area contributed by atoms with Crippen molar-refractivity contribution in [3.05, 3.63) is 23.8 Å². The highest BCUT2D eigenvalue weighted by atomic mass is 16.8. The number of amides is 1. The molecule has 1 aromatic rings. The number of carboxylic acids is 1. The van der Waals surface area contributed by atoms with E-state index in [0.717, 1.165) is 6.08 Å². The Morgan fingerprint density at radius 1 is 1.41 bits per heavy atom. The molecule has 1 aliphatic rings. The number of aliphatic carboxylic acids is 1. The van der Waals surface area contributed by atoms with E-state index in [1.165, 1.54) is 18.1 Å². The SMILES string of the molecule is COc1ccc(C=CC(=O)O)c(N(CC2COC(=O)O2)C(=O)C(C)(C)C)n1. The number of hydrogen-bond acceptors (Lipinski definition) is 7. The Morgan fingerprint density at radius 3 is 2.63 bits per heavy atom. The molecule has 1 N–H and O–H groups in total. The summed E-state index contributed by atoms with van der Waals surface area (Å²) in [6.07, 6.45) is 0.830. The van der Waals surface area contributed by atoms with Crippen LogP contribution in [0.25, 0.3) is 6.08 Å². The maximum absolute atomic E-state index is 13.0. The van der Waals surface area contributed by atoms with Crippen LogP contribution in [-0.2, 0) is 19.1 Å². The second kappa shape index (κ2) is 8.07. The summed E-state index contributed by atoms with van der Waals surface area (Å²) in [5.41, 5.74) is -0.358. The van der Waals surface area contributed by atoms with Gasteiger partial charge in [0, 0.05) is 23.1 Å². The molecule has 9 nitrogen and oxygen atoms in total. The number of carbonyl (C=O) groups excluding carboxylic acids is 2. The number of hydrogen-bond donors (Lipinski definition) is 1. The van der Waals surface area contributed by atoms with Crippen LogP contribution in [0.3, 0.4) is 0 Å². The Labute approximate surface area is 156 Å². The van der Waals surface area contributed by atoms with Crippen LogP contribution in [0.15, 0.2) is 18.2 Å². The van der Waals surface area contributed by atoms with Gasteiger partial charge in [-0.1, -0.05) is 20.8 Å². The van der Waals surface area contributed by atoms with Gasteiger partial charge in [-0.3, -0.25) is 9.69 Å². The third kappa shape index (κ3) is 5.19. The van der Waals surface area contributed by atoms with Gasteiger partial charge < -0.3 is 19.3 Å². The van der Waals surface area contributed by atoms with Gasteiger partial charge in [0.05, 0.1) is 13.7 Å². The van der Waals surface area contributed by atoms with Gasteiger partial charge in [-0.05, 0) is 12.1 Å². The van der Waals surface area contributed by atoms with Crippen LogP contribution < -0.4 is 9.64 Å².